The van der Waals surface area contributed by atoms with Crippen molar-refractivity contribution in [1.29, 1.82) is 0 Å². The first-order chi connectivity index (χ1) is 8.75. The Bertz CT molecular complexity index is 576. The van der Waals surface area contributed by atoms with Crippen LogP contribution in [0.5, 0.6) is 0 Å². The first-order valence-corrected chi connectivity index (χ1v) is 6.33. The van der Waals surface area contributed by atoms with Crippen LogP contribution in [0, 0.1) is 5.82 Å². The maximum atomic E-state index is 13.4. The molecule has 1 aromatic heterocycles. The zero-order valence-electron chi connectivity index (χ0n) is 9.79. The van der Waals surface area contributed by atoms with Gasteiger partial charge in [-0.1, -0.05) is 11.6 Å². The van der Waals surface area contributed by atoms with Gasteiger partial charge in [-0.2, -0.15) is 0 Å². The van der Waals surface area contributed by atoms with Gasteiger partial charge in [0.15, 0.2) is 0 Å². The van der Waals surface area contributed by atoms with Crippen molar-refractivity contribution in [2.75, 3.05) is 31.1 Å². The standard InChI is InChI=1S/C13H13ClFN3/c14-11-8-17-12-2-1-9(15)7-10(12)13(11)18-5-3-16-4-6-18/h1-2,7-8,16H,3-6H2. The molecule has 0 atom stereocenters. The molecule has 1 fully saturated rings. The van der Waals surface area contributed by atoms with E-state index in [1.54, 1.807) is 12.3 Å². The molecule has 0 amide bonds. The number of nitrogens with one attached hydrogen (secondary N) is 1. The summed E-state index contributed by atoms with van der Waals surface area (Å²) in [6, 6.07) is 4.61. The number of rotatable bonds is 1. The molecule has 5 heteroatoms. The molecule has 1 N–H and O–H groups in total. The SMILES string of the molecule is Fc1ccc2ncc(Cl)c(N3CCNCC3)c2c1. The number of halogens is 2. The summed E-state index contributed by atoms with van der Waals surface area (Å²) in [5, 5.41) is 4.65. The van der Waals surface area contributed by atoms with Crippen LogP contribution in [0.25, 0.3) is 10.9 Å². The summed E-state index contributed by atoms with van der Waals surface area (Å²) >= 11 is 6.24. The summed E-state index contributed by atoms with van der Waals surface area (Å²) in [4.78, 5) is 6.42. The normalized spacial score (nSPS) is 16.2. The van der Waals surface area contributed by atoms with Crippen LogP contribution in [0.1, 0.15) is 0 Å². The van der Waals surface area contributed by atoms with Gasteiger partial charge in [-0.15, -0.1) is 0 Å². The molecule has 2 aromatic rings. The number of pyridine rings is 1. The third-order valence-electron chi connectivity index (χ3n) is 3.19. The minimum Gasteiger partial charge on any atom is -0.367 e. The Labute approximate surface area is 110 Å². The van der Waals surface area contributed by atoms with Gasteiger partial charge in [0.2, 0.25) is 0 Å². The largest absolute Gasteiger partial charge is 0.367 e. The number of nitrogens with zero attached hydrogens (tertiary/aromatic N) is 2. The van der Waals surface area contributed by atoms with E-state index in [1.807, 2.05) is 0 Å². The van der Waals surface area contributed by atoms with E-state index in [0.29, 0.717) is 5.02 Å². The molecule has 0 saturated carbocycles. The number of anilines is 1. The monoisotopic (exact) mass is 265 g/mol. The fourth-order valence-electron chi connectivity index (χ4n) is 2.34. The summed E-state index contributed by atoms with van der Waals surface area (Å²) in [6.45, 7) is 3.57. The summed E-state index contributed by atoms with van der Waals surface area (Å²) in [5.74, 6) is -0.261. The van der Waals surface area contributed by atoms with Crippen molar-refractivity contribution >= 4 is 28.2 Å². The summed E-state index contributed by atoms with van der Waals surface area (Å²) in [5.41, 5.74) is 1.66. The minimum atomic E-state index is -0.261. The Morgan fingerprint density at radius 2 is 2.06 bits per heavy atom. The van der Waals surface area contributed by atoms with Crippen molar-refractivity contribution in [3.8, 4) is 0 Å². The van der Waals surface area contributed by atoms with E-state index in [4.69, 9.17) is 11.6 Å². The van der Waals surface area contributed by atoms with Gasteiger partial charge in [0.1, 0.15) is 5.82 Å². The average molecular weight is 266 g/mol. The highest BCUT2D eigenvalue weighted by Gasteiger charge is 2.17. The van der Waals surface area contributed by atoms with E-state index >= 15 is 0 Å². The van der Waals surface area contributed by atoms with E-state index in [-0.39, 0.29) is 5.82 Å². The molecule has 0 radical (unpaired) electrons. The summed E-state index contributed by atoms with van der Waals surface area (Å²) in [6.07, 6.45) is 1.64. The molecule has 0 bridgehead atoms. The number of fused-ring (bicyclic) bond motifs is 1. The molecule has 18 heavy (non-hydrogen) atoms. The Hall–Kier alpha value is -1.39. The Morgan fingerprint density at radius 3 is 2.83 bits per heavy atom. The molecular weight excluding hydrogens is 253 g/mol. The Kier molecular flexibility index (Phi) is 3.06. The molecule has 3 nitrogen and oxygen atoms in total. The lowest BCUT2D eigenvalue weighted by atomic mass is 10.1. The first-order valence-electron chi connectivity index (χ1n) is 5.95. The number of piperazine rings is 1. The van der Waals surface area contributed by atoms with E-state index in [0.717, 1.165) is 42.8 Å². The minimum absolute atomic E-state index is 0.261. The van der Waals surface area contributed by atoms with Crippen molar-refractivity contribution in [1.82, 2.24) is 10.3 Å². The fraction of sp³-hybridized carbons (Fsp3) is 0.308. The lowest BCUT2D eigenvalue weighted by Gasteiger charge is -2.31. The molecule has 1 aliphatic heterocycles. The van der Waals surface area contributed by atoms with Gasteiger partial charge < -0.3 is 10.2 Å². The zero-order valence-corrected chi connectivity index (χ0v) is 10.5. The topological polar surface area (TPSA) is 28.2 Å². The van der Waals surface area contributed by atoms with Crippen molar-refractivity contribution < 1.29 is 4.39 Å². The predicted molar refractivity (Wildman–Crippen MR) is 71.8 cm³/mol. The molecule has 1 aliphatic rings. The van der Waals surface area contributed by atoms with Gasteiger partial charge in [0.05, 0.1) is 16.2 Å². The molecule has 1 aromatic carbocycles. The molecule has 0 spiro atoms. The van der Waals surface area contributed by atoms with Crippen LogP contribution < -0.4 is 10.2 Å². The maximum absolute atomic E-state index is 13.4. The van der Waals surface area contributed by atoms with Crippen LogP contribution in [0.2, 0.25) is 5.02 Å². The molecule has 0 unspecified atom stereocenters. The van der Waals surface area contributed by atoms with Gasteiger partial charge in [0, 0.05) is 37.8 Å². The van der Waals surface area contributed by atoms with Crippen LogP contribution in [-0.4, -0.2) is 31.2 Å². The van der Waals surface area contributed by atoms with Crippen molar-refractivity contribution in [3.05, 3.63) is 35.2 Å². The Morgan fingerprint density at radius 1 is 1.28 bits per heavy atom. The van der Waals surface area contributed by atoms with Crippen LogP contribution in [-0.2, 0) is 0 Å². The highest BCUT2D eigenvalue weighted by atomic mass is 35.5. The smallest absolute Gasteiger partial charge is 0.124 e. The van der Waals surface area contributed by atoms with Crippen LogP contribution in [0.3, 0.4) is 0 Å². The molecule has 2 heterocycles. The fourth-order valence-corrected chi connectivity index (χ4v) is 2.61. The van der Waals surface area contributed by atoms with E-state index in [1.165, 1.54) is 12.1 Å². The van der Waals surface area contributed by atoms with E-state index < -0.39 is 0 Å². The predicted octanol–water partition coefficient (Wildman–Crippen LogP) is 2.44. The van der Waals surface area contributed by atoms with Gasteiger partial charge in [0.25, 0.3) is 0 Å². The number of hydrogen-bond acceptors (Lipinski definition) is 3. The maximum Gasteiger partial charge on any atom is 0.124 e. The molecular formula is C13H13ClFN3. The van der Waals surface area contributed by atoms with E-state index in [9.17, 15) is 4.39 Å². The van der Waals surface area contributed by atoms with Crippen LogP contribution in [0.4, 0.5) is 10.1 Å². The molecule has 3 rings (SSSR count). The second-order valence-corrected chi connectivity index (χ2v) is 4.76. The average Bonchev–Trinajstić information content (AvgIpc) is 2.39. The lowest BCUT2D eigenvalue weighted by molar-refractivity contribution is 0.590. The second-order valence-electron chi connectivity index (χ2n) is 4.35. The van der Waals surface area contributed by atoms with Gasteiger partial charge in [-0.25, -0.2) is 4.39 Å². The number of aromatic nitrogens is 1. The summed E-state index contributed by atoms with van der Waals surface area (Å²) < 4.78 is 13.4. The molecule has 1 saturated heterocycles. The highest BCUT2D eigenvalue weighted by Crippen LogP contribution is 2.33. The van der Waals surface area contributed by atoms with Gasteiger partial charge in [-0.05, 0) is 18.2 Å². The van der Waals surface area contributed by atoms with Gasteiger partial charge in [-0.3, -0.25) is 4.98 Å². The van der Waals surface area contributed by atoms with Crippen molar-refractivity contribution in [3.63, 3.8) is 0 Å². The summed E-state index contributed by atoms with van der Waals surface area (Å²) in [7, 11) is 0. The van der Waals surface area contributed by atoms with Crippen molar-refractivity contribution in [2.45, 2.75) is 0 Å². The molecule has 0 aliphatic carbocycles. The first kappa shape index (κ1) is 11.7. The van der Waals surface area contributed by atoms with Crippen LogP contribution >= 0.6 is 11.6 Å². The quantitative estimate of drug-likeness (QED) is 0.858. The van der Waals surface area contributed by atoms with Gasteiger partial charge >= 0.3 is 0 Å². The third kappa shape index (κ3) is 2.02. The van der Waals surface area contributed by atoms with E-state index in [2.05, 4.69) is 15.2 Å². The Balaban J connectivity index is 2.18. The number of hydrogen-bond donors (Lipinski definition) is 1. The third-order valence-corrected chi connectivity index (χ3v) is 3.47. The van der Waals surface area contributed by atoms with Crippen LogP contribution in [0.15, 0.2) is 24.4 Å². The lowest BCUT2D eigenvalue weighted by Crippen LogP contribution is -2.43. The van der Waals surface area contributed by atoms with Crippen molar-refractivity contribution in [2.24, 2.45) is 0 Å². The number of benzene rings is 1. The molecule has 94 valence electrons. The second kappa shape index (κ2) is 4.71. The highest BCUT2D eigenvalue weighted by molar-refractivity contribution is 6.34. The zero-order chi connectivity index (χ0) is 12.5.